The average molecular weight is 643 g/mol. The van der Waals surface area contributed by atoms with Gasteiger partial charge in [-0.1, -0.05) is 0 Å². The number of hydrogen-bond acceptors (Lipinski definition) is 2. The molecule has 0 rings (SSSR count). The van der Waals surface area contributed by atoms with Crippen LogP contribution >= 0.6 is 0 Å². The summed E-state index contributed by atoms with van der Waals surface area (Å²) in [4.78, 5) is 0. The molecule has 0 spiro atoms. The summed E-state index contributed by atoms with van der Waals surface area (Å²) < 4.78 is 304. The van der Waals surface area contributed by atoms with Gasteiger partial charge in [0.25, 0.3) is 0 Å². The van der Waals surface area contributed by atoms with Gasteiger partial charge in [0.05, 0.1) is 6.10 Å². The van der Waals surface area contributed by atoms with Crippen molar-refractivity contribution in [1.29, 1.82) is 0 Å². The first-order valence-corrected chi connectivity index (χ1v) is 8.68. The van der Waals surface area contributed by atoms with Crippen LogP contribution in [0, 0.1) is 0 Å². The highest BCUT2D eigenvalue weighted by atomic mass is 19.4. The molecule has 0 aliphatic carbocycles. The quantitative estimate of drug-likeness (QED) is 0.249. The number of nitrogens with two attached hydrogens (primary N) is 1. The highest BCUT2D eigenvalue weighted by Gasteiger charge is 2.99. The van der Waals surface area contributed by atoms with Crippen molar-refractivity contribution >= 4 is 0 Å². The Balaban J connectivity index is 7.30. The lowest BCUT2D eigenvalue weighted by atomic mass is 9.82. The van der Waals surface area contributed by atoms with Gasteiger partial charge in [-0.25, -0.2) is 4.39 Å². The standard InChI is InChI=1S/C14H8F23NO/c15-4(16,1-3(39)2-38)6(18,19)8(22,23)10(26,27)12(30,31)11(28,29)9(24,25)7(20,21)5(17,13(32,33)34)14(35,36)37/h3,39H,1-2,38H2/t3-/m0/s1. The van der Waals surface area contributed by atoms with Crippen LogP contribution in [0.5, 0.6) is 0 Å². The van der Waals surface area contributed by atoms with Gasteiger partial charge in [0, 0.05) is 13.0 Å². The van der Waals surface area contributed by atoms with Crippen molar-refractivity contribution in [2.24, 2.45) is 5.73 Å². The van der Waals surface area contributed by atoms with Crippen LogP contribution in [0.1, 0.15) is 6.42 Å². The Hall–Kier alpha value is -1.69. The zero-order valence-corrected chi connectivity index (χ0v) is 17.2. The Morgan fingerprint density at radius 1 is 0.410 bits per heavy atom. The van der Waals surface area contributed by atoms with Gasteiger partial charge in [0.2, 0.25) is 0 Å². The number of aliphatic hydroxyl groups is 1. The van der Waals surface area contributed by atoms with Crippen molar-refractivity contribution in [2.75, 3.05) is 6.54 Å². The number of halogens is 23. The zero-order chi connectivity index (χ0) is 32.5. The topological polar surface area (TPSA) is 46.2 Å². The summed E-state index contributed by atoms with van der Waals surface area (Å²) in [6.45, 7) is -1.60. The Kier molecular flexibility index (Phi) is 9.02. The van der Waals surface area contributed by atoms with Gasteiger partial charge >= 0.3 is 65.4 Å². The van der Waals surface area contributed by atoms with Crippen molar-refractivity contribution in [1.82, 2.24) is 0 Å². The summed E-state index contributed by atoms with van der Waals surface area (Å²) in [6.07, 6.45) is -23.4. The van der Waals surface area contributed by atoms with E-state index >= 15 is 0 Å². The van der Waals surface area contributed by atoms with Crippen LogP contribution in [0.15, 0.2) is 0 Å². The molecule has 0 aromatic carbocycles. The first kappa shape index (κ1) is 37.3. The van der Waals surface area contributed by atoms with E-state index in [9.17, 15) is 101 Å². The monoisotopic (exact) mass is 643 g/mol. The third kappa shape index (κ3) is 4.71. The Morgan fingerprint density at radius 2 is 0.641 bits per heavy atom. The SMILES string of the molecule is NC[C@@H](O)CC(F)(F)C(F)(F)C(F)(F)C(F)(F)C(F)(F)C(F)(F)C(F)(F)C(F)(F)C(F)(C(F)(F)F)C(F)(F)F. The minimum Gasteiger partial charge on any atom is -0.392 e. The summed E-state index contributed by atoms with van der Waals surface area (Å²) >= 11 is 0. The molecule has 0 saturated heterocycles. The van der Waals surface area contributed by atoms with Gasteiger partial charge < -0.3 is 10.8 Å². The predicted octanol–water partition coefficient (Wildman–Crippen LogP) is 6.61. The lowest BCUT2D eigenvalue weighted by molar-refractivity contribution is -0.481. The largest absolute Gasteiger partial charge is 0.438 e. The van der Waals surface area contributed by atoms with Gasteiger partial charge in [-0.3, -0.25) is 0 Å². The van der Waals surface area contributed by atoms with E-state index in [0.717, 1.165) is 0 Å². The second-order valence-electron chi connectivity index (χ2n) is 7.47. The summed E-state index contributed by atoms with van der Waals surface area (Å²) in [7, 11) is 0. The lowest BCUT2D eigenvalue weighted by Crippen LogP contribution is -2.79. The van der Waals surface area contributed by atoms with E-state index in [4.69, 9.17) is 5.11 Å². The van der Waals surface area contributed by atoms with Crippen molar-refractivity contribution in [3.63, 3.8) is 0 Å². The van der Waals surface area contributed by atoms with Crippen LogP contribution in [-0.4, -0.2) is 83.2 Å². The lowest BCUT2D eigenvalue weighted by Gasteiger charge is -2.46. The van der Waals surface area contributed by atoms with Crippen molar-refractivity contribution < 1.29 is 106 Å². The third-order valence-electron chi connectivity index (χ3n) is 4.80. The van der Waals surface area contributed by atoms with E-state index < -0.39 is 84.5 Å². The predicted molar refractivity (Wildman–Crippen MR) is 75.2 cm³/mol. The molecule has 0 fully saturated rings. The molecule has 3 N–H and O–H groups in total. The first-order chi connectivity index (χ1) is 16.5. The molecule has 0 amide bonds. The molecular weight excluding hydrogens is 635 g/mol. The fourth-order valence-corrected chi connectivity index (χ4v) is 2.46. The first-order valence-electron chi connectivity index (χ1n) is 8.68. The summed E-state index contributed by atoms with van der Waals surface area (Å²) in [5.41, 5.74) is -4.64. The summed E-state index contributed by atoms with van der Waals surface area (Å²) in [5.74, 6) is -70.9. The molecule has 236 valence electrons. The number of rotatable bonds is 11. The van der Waals surface area contributed by atoms with Crippen LogP contribution in [0.2, 0.25) is 0 Å². The fraction of sp³-hybridized carbons (Fsp3) is 1.00. The molecule has 0 bridgehead atoms. The fourth-order valence-electron chi connectivity index (χ4n) is 2.46. The van der Waals surface area contributed by atoms with Crippen molar-refractivity contribution in [2.45, 2.75) is 77.9 Å². The molecule has 0 aromatic rings. The van der Waals surface area contributed by atoms with Crippen molar-refractivity contribution in [3.8, 4) is 0 Å². The highest BCUT2D eigenvalue weighted by Crippen LogP contribution is 2.67. The smallest absolute Gasteiger partial charge is 0.392 e. The summed E-state index contributed by atoms with van der Waals surface area (Å²) in [5, 5.41) is 8.68. The normalized spacial score (nSPS) is 17.5. The van der Waals surface area contributed by atoms with E-state index in [1.165, 1.54) is 0 Å². The Morgan fingerprint density at radius 3 is 0.872 bits per heavy atom. The van der Waals surface area contributed by atoms with Crippen LogP contribution in [-0.2, 0) is 0 Å². The van der Waals surface area contributed by atoms with Gasteiger partial charge in [0.1, 0.15) is 0 Å². The molecule has 25 heteroatoms. The molecule has 0 heterocycles. The second-order valence-corrected chi connectivity index (χ2v) is 7.47. The Bertz CT molecular complexity index is 855. The highest BCUT2D eigenvalue weighted by molar-refractivity contribution is 5.20. The molecule has 1 atom stereocenters. The van der Waals surface area contributed by atoms with Crippen molar-refractivity contribution in [3.05, 3.63) is 0 Å². The molecule has 0 saturated carbocycles. The number of alkyl halides is 23. The molecule has 0 aromatic heterocycles. The van der Waals surface area contributed by atoms with E-state index in [1.54, 1.807) is 0 Å². The van der Waals surface area contributed by atoms with E-state index in [1.807, 2.05) is 0 Å². The molecule has 0 unspecified atom stereocenters. The second kappa shape index (κ2) is 9.42. The van der Waals surface area contributed by atoms with Gasteiger partial charge in [-0.2, -0.15) is 96.6 Å². The third-order valence-corrected chi connectivity index (χ3v) is 4.80. The molecule has 0 aliphatic rings. The maximum Gasteiger partial charge on any atom is 0.438 e. The van der Waals surface area contributed by atoms with Crippen LogP contribution in [0.3, 0.4) is 0 Å². The maximum atomic E-state index is 13.6. The molecule has 0 radical (unpaired) electrons. The Labute approximate surface area is 197 Å². The van der Waals surface area contributed by atoms with E-state index in [2.05, 4.69) is 5.73 Å². The van der Waals surface area contributed by atoms with E-state index in [0.29, 0.717) is 0 Å². The molecular formula is C14H8F23NO. The van der Waals surface area contributed by atoms with Crippen LogP contribution in [0.4, 0.5) is 101 Å². The average Bonchev–Trinajstić information content (AvgIpc) is 2.69. The molecule has 0 aliphatic heterocycles. The minimum atomic E-state index is -9.49. The van der Waals surface area contributed by atoms with E-state index in [-0.39, 0.29) is 0 Å². The molecule has 39 heavy (non-hydrogen) atoms. The number of hydrogen-bond donors (Lipinski definition) is 2. The minimum absolute atomic E-state index is 1.60. The van der Waals surface area contributed by atoms with Crippen LogP contribution in [0.25, 0.3) is 0 Å². The van der Waals surface area contributed by atoms with Crippen LogP contribution < -0.4 is 5.73 Å². The van der Waals surface area contributed by atoms with Gasteiger partial charge in [-0.05, 0) is 0 Å². The summed E-state index contributed by atoms with van der Waals surface area (Å²) in [6, 6.07) is 0. The van der Waals surface area contributed by atoms with Gasteiger partial charge in [0.15, 0.2) is 0 Å². The maximum absolute atomic E-state index is 13.6. The number of aliphatic hydroxyl groups excluding tert-OH is 1. The zero-order valence-electron chi connectivity index (χ0n) is 17.2. The van der Waals surface area contributed by atoms with Gasteiger partial charge in [-0.15, -0.1) is 0 Å². The molecule has 2 nitrogen and oxygen atoms in total.